The Morgan fingerprint density at radius 3 is 2.81 bits per heavy atom. The van der Waals surface area contributed by atoms with Crippen LogP contribution in [-0.4, -0.2) is 51.3 Å². The molecule has 1 fully saturated rings. The highest BCUT2D eigenvalue weighted by Crippen LogP contribution is 2.29. The SMILES string of the molecule is CC(=O)NC[C@H]1CN(c2ccc(-c3ccn4cc(CC(=O)Cc5cccnc5)nc4c3)c(F)c2)C(=O)O1. The van der Waals surface area contributed by atoms with Gasteiger partial charge in [0.25, 0.3) is 0 Å². The van der Waals surface area contributed by atoms with Gasteiger partial charge in [0, 0.05) is 43.7 Å². The lowest BCUT2D eigenvalue weighted by Gasteiger charge is -2.14. The van der Waals surface area contributed by atoms with Crippen LogP contribution in [0.1, 0.15) is 18.2 Å². The Morgan fingerprint density at radius 1 is 1.19 bits per heavy atom. The first kappa shape index (κ1) is 24.1. The molecule has 0 aliphatic carbocycles. The molecule has 188 valence electrons. The summed E-state index contributed by atoms with van der Waals surface area (Å²) < 4.78 is 22.2. The first-order valence-electron chi connectivity index (χ1n) is 11.8. The second kappa shape index (κ2) is 10.2. The molecule has 1 atom stereocenters. The number of cyclic esters (lactones) is 1. The van der Waals surface area contributed by atoms with Crippen molar-refractivity contribution in [2.75, 3.05) is 18.0 Å². The summed E-state index contributed by atoms with van der Waals surface area (Å²) >= 11 is 0. The molecule has 10 heteroatoms. The van der Waals surface area contributed by atoms with Crippen LogP contribution in [-0.2, 0) is 27.2 Å². The number of imidazole rings is 1. The normalized spacial score (nSPS) is 15.1. The number of benzene rings is 1. The lowest BCUT2D eigenvalue weighted by molar-refractivity contribution is -0.119. The molecule has 9 nitrogen and oxygen atoms in total. The number of hydrogen-bond donors (Lipinski definition) is 1. The number of anilines is 1. The van der Waals surface area contributed by atoms with Gasteiger partial charge in [-0.05, 0) is 47.5 Å². The van der Waals surface area contributed by atoms with Crippen molar-refractivity contribution in [1.82, 2.24) is 19.7 Å². The van der Waals surface area contributed by atoms with Crippen molar-refractivity contribution < 1.29 is 23.5 Å². The summed E-state index contributed by atoms with van der Waals surface area (Å²) in [6.07, 6.45) is 6.26. The quantitative estimate of drug-likeness (QED) is 0.397. The van der Waals surface area contributed by atoms with Gasteiger partial charge in [-0.15, -0.1) is 0 Å². The summed E-state index contributed by atoms with van der Waals surface area (Å²) in [7, 11) is 0. The van der Waals surface area contributed by atoms with Gasteiger partial charge in [0.1, 0.15) is 23.4 Å². The molecular formula is C27H24FN5O4. The first-order chi connectivity index (χ1) is 17.9. The van der Waals surface area contributed by atoms with Gasteiger partial charge in [0.15, 0.2) is 0 Å². The minimum atomic E-state index is -0.591. The van der Waals surface area contributed by atoms with Gasteiger partial charge >= 0.3 is 6.09 Å². The number of amides is 2. The summed E-state index contributed by atoms with van der Waals surface area (Å²) in [6.45, 7) is 1.79. The van der Waals surface area contributed by atoms with E-state index in [0.717, 1.165) is 5.56 Å². The van der Waals surface area contributed by atoms with Crippen LogP contribution in [0.2, 0.25) is 0 Å². The number of nitrogens with zero attached hydrogens (tertiary/aromatic N) is 4. The zero-order chi connectivity index (χ0) is 25.9. The van der Waals surface area contributed by atoms with Gasteiger partial charge < -0.3 is 14.5 Å². The molecule has 4 aromatic rings. The molecule has 4 heterocycles. The number of aromatic nitrogens is 3. The molecule has 37 heavy (non-hydrogen) atoms. The molecule has 1 aliphatic heterocycles. The number of carbonyl (C=O) groups excluding carboxylic acids is 3. The topological polar surface area (TPSA) is 106 Å². The standard InChI is InChI=1S/C27H24FN5O4/c1-17(34)30-14-23-16-33(27(36)37-23)21-4-5-24(25(28)12-21)19-6-8-32-15-20(31-26(32)10-19)11-22(35)9-18-3-2-7-29-13-18/h2-8,10,12-13,15,23H,9,11,14,16H2,1H3,(H,30,34)/t23-/m0/s1. The number of Topliss-reactive ketones (excluding diaryl/α,β-unsaturated/α-hetero) is 1. The highest BCUT2D eigenvalue weighted by molar-refractivity contribution is 5.90. The molecular weight excluding hydrogens is 477 g/mol. The second-order valence-corrected chi connectivity index (χ2v) is 8.88. The number of rotatable bonds is 8. The van der Waals surface area contributed by atoms with Crippen molar-refractivity contribution >= 4 is 29.1 Å². The predicted molar refractivity (Wildman–Crippen MR) is 134 cm³/mol. The zero-order valence-electron chi connectivity index (χ0n) is 20.1. The number of hydrogen-bond acceptors (Lipinski definition) is 6. The maximum atomic E-state index is 15.1. The van der Waals surface area contributed by atoms with Crippen molar-refractivity contribution in [3.05, 3.63) is 84.3 Å². The van der Waals surface area contributed by atoms with Crippen molar-refractivity contribution in [2.24, 2.45) is 0 Å². The van der Waals surface area contributed by atoms with E-state index in [1.807, 2.05) is 6.07 Å². The largest absolute Gasteiger partial charge is 0.442 e. The van der Waals surface area contributed by atoms with Crippen LogP contribution in [0.5, 0.6) is 0 Å². The van der Waals surface area contributed by atoms with E-state index in [1.165, 1.54) is 17.9 Å². The smallest absolute Gasteiger partial charge is 0.414 e. The Bertz CT molecular complexity index is 1490. The average Bonchev–Trinajstić information content (AvgIpc) is 3.44. The Morgan fingerprint density at radius 2 is 2.05 bits per heavy atom. The lowest BCUT2D eigenvalue weighted by Crippen LogP contribution is -2.33. The Hall–Kier alpha value is -4.60. The number of nitrogens with one attached hydrogen (secondary N) is 1. The van der Waals surface area contributed by atoms with E-state index in [4.69, 9.17) is 4.74 Å². The van der Waals surface area contributed by atoms with E-state index in [1.54, 1.807) is 59.5 Å². The van der Waals surface area contributed by atoms with Crippen molar-refractivity contribution in [2.45, 2.75) is 25.9 Å². The predicted octanol–water partition coefficient (Wildman–Crippen LogP) is 3.35. The molecule has 0 unspecified atom stereocenters. The minimum absolute atomic E-state index is 0.0259. The van der Waals surface area contributed by atoms with Crippen LogP contribution >= 0.6 is 0 Å². The summed E-state index contributed by atoms with van der Waals surface area (Å²) in [6, 6.07) is 11.7. The number of fused-ring (bicyclic) bond motifs is 1. The van der Waals surface area contributed by atoms with E-state index < -0.39 is 18.0 Å². The van der Waals surface area contributed by atoms with Gasteiger partial charge in [-0.3, -0.25) is 19.5 Å². The van der Waals surface area contributed by atoms with E-state index in [9.17, 15) is 14.4 Å². The van der Waals surface area contributed by atoms with Gasteiger partial charge in [-0.1, -0.05) is 6.07 Å². The molecule has 0 bridgehead atoms. The van der Waals surface area contributed by atoms with E-state index >= 15 is 4.39 Å². The van der Waals surface area contributed by atoms with Crippen LogP contribution < -0.4 is 10.2 Å². The Labute approximate surface area is 211 Å². The molecule has 5 rings (SSSR count). The van der Waals surface area contributed by atoms with Crippen molar-refractivity contribution in [3.63, 3.8) is 0 Å². The fraction of sp³-hybridized carbons (Fsp3) is 0.222. The highest BCUT2D eigenvalue weighted by Gasteiger charge is 2.32. The van der Waals surface area contributed by atoms with Crippen LogP contribution in [0.15, 0.2) is 67.3 Å². The van der Waals surface area contributed by atoms with Gasteiger partial charge in [-0.25, -0.2) is 14.2 Å². The molecule has 1 saturated heterocycles. The van der Waals surface area contributed by atoms with E-state index in [2.05, 4.69) is 15.3 Å². The minimum Gasteiger partial charge on any atom is -0.442 e. The van der Waals surface area contributed by atoms with Crippen molar-refractivity contribution in [3.8, 4) is 11.1 Å². The molecule has 0 saturated carbocycles. The highest BCUT2D eigenvalue weighted by atomic mass is 19.1. The fourth-order valence-corrected chi connectivity index (χ4v) is 4.28. The summed E-state index contributed by atoms with van der Waals surface area (Å²) in [5.74, 6) is -0.695. The molecule has 1 N–H and O–H groups in total. The average molecular weight is 502 g/mol. The van der Waals surface area contributed by atoms with Gasteiger partial charge in [0.05, 0.1) is 30.9 Å². The maximum absolute atomic E-state index is 15.1. The van der Waals surface area contributed by atoms with Gasteiger partial charge in [-0.2, -0.15) is 0 Å². The van der Waals surface area contributed by atoms with Crippen LogP contribution in [0.3, 0.4) is 0 Å². The summed E-state index contributed by atoms with van der Waals surface area (Å²) in [5, 5.41) is 2.61. The summed E-state index contributed by atoms with van der Waals surface area (Å²) in [4.78, 5) is 45.7. The molecule has 2 amide bonds. The number of ketones is 1. The Kier molecular flexibility index (Phi) is 6.63. The molecule has 0 spiro atoms. The summed E-state index contributed by atoms with van der Waals surface area (Å²) in [5.41, 5.74) is 3.40. The molecule has 1 aliphatic rings. The van der Waals surface area contributed by atoms with E-state index in [0.29, 0.717) is 28.2 Å². The third kappa shape index (κ3) is 5.48. The second-order valence-electron chi connectivity index (χ2n) is 8.88. The maximum Gasteiger partial charge on any atom is 0.414 e. The van der Waals surface area contributed by atoms with Crippen LogP contribution in [0.4, 0.5) is 14.9 Å². The molecule has 0 radical (unpaired) electrons. The lowest BCUT2D eigenvalue weighted by atomic mass is 10.1. The monoisotopic (exact) mass is 501 g/mol. The molecule has 3 aromatic heterocycles. The van der Waals surface area contributed by atoms with Crippen LogP contribution in [0.25, 0.3) is 16.8 Å². The van der Waals surface area contributed by atoms with Gasteiger partial charge in [0.2, 0.25) is 5.91 Å². The van der Waals surface area contributed by atoms with Crippen LogP contribution in [0, 0.1) is 5.82 Å². The molecule has 1 aromatic carbocycles. The number of ether oxygens (including phenoxy) is 1. The zero-order valence-corrected chi connectivity index (χ0v) is 20.1. The number of halogens is 1. The number of carbonyl (C=O) groups is 3. The first-order valence-corrected chi connectivity index (χ1v) is 11.8. The number of pyridine rings is 2. The third-order valence-corrected chi connectivity index (χ3v) is 6.04. The fourth-order valence-electron chi connectivity index (χ4n) is 4.28. The Balaban J connectivity index is 1.30. The van der Waals surface area contributed by atoms with E-state index in [-0.39, 0.29) is 37.6 Å². The van der Waals surface area contributed by atoms with Crippen molar-refractivity contribution in [1.29, 1.82) is 0 Å². The third-order valence-electron chi connectivity index (χ3n) is 6.04.